The van der Waals surface area contributed by atoms with Crippen molar-refractivity contribution < 1.29 is 18.7 Å². The van der Waals surface area contributed by atoms with Crippen molar-refractivity contribution in [1.29, 1.82) is 0 Å². The van der Waals surface area contributed by atoms with Gasteiger partial charge in [0.1, 0.15) is 11.6 Å². The van der Waals surface area contributed by atoms with Crippen molar-refractivity contribution in [2.24, 2.45) is 5.92 Å². The second kappa shape index (κ2) is 13.1. The third kappa shape index (κ3) is 6.87. The number of amides is 1. The minimum atomic E-state index is -0.295. The number of hydrogen-bond acceptors (Lipinski definition) is 5. The molecular formula is C33H38FN3O3. The number of pyridine rings is 1. The predicted octanol–water partition coefficient (Wildman–Crippen LogP) is 6.15. The zero-order valence-corrected chi connectivity index (χ0v) is 23.2. The van der Waals surface area contributed by atoms with Crippen LogP contribution in [0.5, 0.6) is 0 Å². The number of piperidine rings is 1. The van der Waals surface area contributed by atoms with Crippen molar-refractivity contribution in [3.8, 4) is 11.1 Å². The molecule has 3 aromatic rings. The standard InChI is InChI=1S/C33H38FN3O3/c1-40-32(39)22-27(26-10-13-29(30(34)21-26)24-6-3-2-4-7-24)20-23-15-18-37(19-16-23)31(38)14-12-28-11-9-25-8-5-17-35-33(25)36-28/h2-4,6-7,9-11,13,21,23,27H,5,8,12,14-20,22H2,1H3,(H,35,36). The number of halogens is 1. The Bertz CT molecular complexity index is 1320. The van der Waals surface area contributed by atoms with Gasteiger partial charge in [0.2, 0.25) is 5.91 Å². The highest BCUT2D eigenvalue weighted by Gasteiger charge is 2.27. The van der Waals surface area contributed by atoms with Gasteiger partial charge in [0, 0.05) is 37.3 Å². The van der Waals surface area contributed by atoms with E-state index in [1.54, 1.807) is 12.1 Å². The van der Waals surface area contributed by atoms with Crippen LogP contribution in [0.1, 0.15) is 61.3 Å². The molecule has 1 unspecified atom stereocenters. The van der Waals surface area contributed by atoms with Gasteiger partial charge in [-0.3, -0.25) is 9.59 Å². The fraction of sp³-hybridized carbons (Fsp3) is 0.424. The maximum Gasteiger partial charge on any atom is 0.306 e. The number of benzene rings is 2. The Hall–Kier alpha value is -3.74. The summed E-state index contributed by atoms with van der Waals surface area (Å²) in [6, 6.07) is 18.9. The number of anilines is 1. The van der Waals surface area contributed by atoms with Crippen molar-refractivity contribution in [3.63, 3.8) is 0 Å². The van der Waals surface area contributed by atoms with Crippen LogP contribution >= 0.6 is 0 Å². The molecule has 1 amide bonds. The third-order valence-corrected chi connectivity index (χ3v) is 8.32. The Morgan fingerprint density at radius 1 is 1.10 bits per heavy atom. The molecule has 0 bridgehead atoms. The second-order valence-corrected chi connectivity index (χ2v) is 11.0. The molecule has 7 heteroatoms. The Morgan fingerprint density at radius 2 is 1.90 bits per heavy atom. The van der Waals surface area contributed by atoms with Gasteiger partial charge in [-0.25, -0.2) is 9.37 Å². The highest BCUT2D eigenvalue weighted by molar-refractivity contribution is 5.76. The van der Waals surface area contributed by atoms with E-state index in [1.165, 1.54) is 12.7 Å². The molecule has 40 heavy (non-hydrogen) atoms. The molecule has 6 nitrogen and oxygen atoms in total. The number of carbonyl (C=O) groups is 2. The number of esters is 1. The van der Waals surface area contributed by atoms with Gasteiger partial charge in [-0.05, 0) is 79.2 Å². The lowest BCUT2D eigenvalue weighted by Crippen LogP contribution is -2.39. The molecule has 1 atom stereocenters. The molecule has 1 saturated heterocycles. The summed E-state index contributed by atoms with van der Waals surface area (Å²) >= 11 is 0. The molecular weight excluding hydrogens is 505 g/mol. The molecule has 1 aromatic heterocycles. The molecule has 2 aromatic carbocycles. The summed E-state index contributed by atoms with van der Waals surface area (Å²) in [6.45, 7) is 2.36. The first-order chi connectivity index (χ1) is 19.5. The molecule has 1 fully saturated rings. The molecule has 2 aliphatic heterocycles. The summed E-state index contributed by atoms with van der Waals surface area (Å²) in [5, 5.41) is 3.36. The van der Waals surface area contributed by atoms with Crippen molar-refractivity contribution in [2.75, 3.05) is 32.1 Å². The zero-order valence-electron chi connectivity index (χ0n) is 23.2. The summed E-state index contributed by atoms with van der Waals surface area (Å²) < 4.78 is 20.1. The molecule has 5 rings (SSSR count). The SMILES string of the molecule is COC(=O)CC(CC1CCN(C(=O)CCc2ccc3c(n2)NCCC3)CC1)c1ccc(-c2ccccc2)c(F)c1. The maximum atomic E-state index is 15.1. The fourth-order valence-corrected chi connectivity index (χ4v) is 5.98. The number of hydrogen-bond donors (Lipinski definition) is 1. The van der Waals surface area contributed by atoms with E-state index in [0.717, 1.165) is 61.3 Å². The summed E-state index contributed by atoms with van der Waals surface area (Å²) in [5.74, 6) is 0.759. The Kier molecular flexibility index (Phi) is 9.09. The number of nitrogens with zero attached hydrogens (tertiary/aromatic N) is 2. The van der Waals surface area contributed by atoms with Gasteiger partial charge in [0.25, 0.3) is 0 Å². The van der Waals surface area contributed by atoms with E-state index in [9.17, 15) is 9.59 Å². The fourth-order valence-electron chi connectivity index (χ4n) is 5.98. The molecule has 0 radical (unpaired) electrons. The van der Waals surface area contributed by atoms with E-state index >= 15 is 4.39 Å². The second-order valence-electron chi connectivity index (χ2n) is 11.0. The first-order valence-electron chi connectivity index (χ1n) is 14.4. The molecule has 2 aliphatic rings. The predicted molar refractivity (Wildman–Crippen MR) is 154 cm³/mol. The number of carbonyl (C=O) groups excluding carboxylic acids is 2. The van der Waals surface area contributed by atoms with Crippen LogP contribution in [0.4, 0.5) is 10.2 Å². The molecule has 210 valence electrons. The van der Waals surface area contributed by atoms with Crippen LogP contribution in [-0.2, 0) is 27.2 Å². The molecule has 1 N–H and O–H groups in total. The summed E-state index contributed by atoms with van der Waals surface area (Å²) in [4.78, 5) is 31.9. The Morgan fingerprint density at radius 3 is 2.65 bits per heavy atom. The van der Waals surface area contributed by atoms with E-state index in [4.69, 9.17) is 9.72 Å². The minimum absolute atomic E-state index is 0.136. The first kappa shape index (κ1) is 27.8. The Balaban J connectivity index is 1.16. The van der Waals surface area contributed by atoms with Crippen molar-refractivity contribution in [2.45, 2.75) is 57.3 Å². The van der Waals surface area contributed by atoms with Gasteiger partial charge >= 0.3 is 5.97 Å². The number of ether oxygens (including phenoxy) is 1. The van der Waals surface area contributed by atoms with Gasteiger partial charge < -0.3 is 15.0 Å². The zero-order chi connectivity index (χ0) is 27.9. The molecule has 0 saturated carbocycles. The van der Waals surface area contributed by atoms with Gasteiger partial charge in [-0.1, -0.05) is 48.5 Å². The summed E-state index contributed by atoms with van der Waals surface area (Å²) in [5.41, 5.74) is 4.39. The number of aromatic nitrogens is 1. The van der Waals surface area contributed by atoms with Gasteiger partial charge in [-0.15, -0.1) is 0 Å². The Labute approximate surface area is 236 Å². The van der Waals surface area contributed by atoms with Crippen LogP contribution in [0.25, 0.3) is 11.1 Å². The summed E-state index contributed by atoms with van der Waals surface area (Å²) in [7, 11) is 1.39. The minimum Gasteiger partial charge on any atom is -0.469 e. The number of methoxy groups -OCH3 is 1. The lowest BCUT2D eigenvalue weighted by atomic mass is 9.81. The number of aryl methyl sites for hydroxylation is 2. The van der Waals surface area contributed by atoms with Crippen LogP contribution in [0.2, 0.25) is 0 Å². The van der Waals surface area contributed by atoms with E-state index in [-0.39, 0.29) is 30.0 Å². The van der Waals surface area contributed by atoms with Crippen LogP contribution in [0.3, 0.4) is 0 Å². The van der Waals surface area contributed by atoms with E-state index < -0.39 is 0 Å². The van der Waals surface area contributed by atoms with Crippen LogP contribution in [-0.4, -0.2) is 48.5 Å². The van der Waals surface area contributed by atoms with E-state index in [1.807, 2.05) is 47.4 Å². The highest BCUT2D eigenvalue weighted by atomic mass is 19.1. The number of fused-ring (bicyclic) bond motifs is 1. The number of likely N-dealkylation sites (tertiary alicyclic amines) is 1. The normalized spacial score (nSPS) is 16.1. The average Bonchev–Trinajstić information content (AvgIpc) is 3.00. The maximum absolute atomic E-state index is 15.1. The van der Waals surface area contributed by atoms with Crippen LogP contribution < -0.4 is 5.32 Å². The smallest absolute Gasteiger partial charge is 0.306 e. The first-order valence-corrected chi connectivity index (χ1v) is 14.4. The average molecular weight is 544 g/mol. The lowest BCUT2D eigenvalue weighted by molar-refractivity contribution is -0.141. The highest BCUT2D eigenvalue weighted by Crippen LogP contribution is 2.35. The third-order valence-electron chi connectivity index (χ3n) is 8.32. The lowest BCUT2D eigenvalue weighted by Gasteiger charge is -2.34. The van der Waals surface area contributed by atoms with Gasteiger partial charge in [0.05, 0.1) is 13.5 Å². The van der Waals surface area contributed by atoms with E-state index in [2.05, 4.69) is 11.4 Å². The molecule has 3 heterocycles. The largest absolute Gasteiger partial charge is 0.469 e. The van der Waals surface area contributed by atoms with E-state index in [0.29, 0.717) is 37.4 Å². The number of nitrogens with one attached hydrogen (secondary N) is 1. The van der Waals surface area contributed by atoms with Gasteiger partial charge in [0.15, 0.2) is 0 Å². The molecule has 0 spiro atoms. The quantitative estimate of drug-likeness (QED) is 0.328. The van der Waals surface area contributed by atoms with Gasteiger partial charge in [-0.2, -0.15) is 0 Å². The molecule has 0 aliphatic carbocycles. The monoisotopic (exact) mass is 543 g/mol. The van der Waals surface area contributed by atoms with Crippen molar-refractivity contribution >= 4 is 17.7 Å². The van der Waals surface area contributed by atoms with Crippen LogP contribution in [0.15, 0.2) is 60.7 Å². The summed E-state index contributed by atoms with van der Waals surface area (Å²) in [6.07, 6.45) is 5.98. The van der Waals surface area contributed by atoms with Crippen LogP contribution in [0, 0.1) is 11.7 Å². The topological polar surface area (TPSA) is 71.5 Å². The van der Waals surface area contributed by atoms with Crippen molar-refractivity contribution in [3.05, 3.63) is 83.3 Å². The van der Waals surface area contributed by atoms with Crippen molar-refractivity contribution in [1.82, 2.24) is 9.88 Å². The number of rotatable bonds is 9.